The third-order valence-corrected chi connectivity index (χ3v) is 5.58. The smallest absolute Gasteiger partial charge is 0.236 e. The Morgan fingerprint density at radius 2 is 1.71 bits per heavy atom. The first-order valence-electron chi connectivity index (χ1n) is 8.35. The molecule has 6 nitrogen and oxygen atoms in total. The lowest BCUT2D eigenvalue weighted by molar-refractivity contribution is -0.115. The third-order valence-electron chi connectivity index (χ3n) is 3.56. The molecular formula is C19H17ClN4O2S2. The molecule has 0 aliphatic carbocycles. The fourth-order valence-corrected chi connectivity index (χ4v) is 3.71. The number of thioether (sulfide) groups is 1. The predicted octanol–water partition coefficient (Wildman–Crippen LogP) is 4.41. The quantitative estimate of drug-likeness (QED) is 0.540. The highest BCUT2D eigenvalue weighted by Crippen LogP contribution is 2.21. The molecule has 1 heterocycles. The zero-order valence-corrected chi connectivity index (χ0v) is 17.3. The monoisotopic (exact) mass is 432 g/mol. The van der Waals surface area contributed by atoms with Crippen LogP contribution in [0.25, 0.3) is 0 Å². The minimum absolute atomic E-state index is 0.102. The molecule has 28 heavy (non-hydrogen) atoms. The maximum Gasteiger partial charge on any atom is 0.236 e. The van der Waals surface area contributed by atoms with E-state index in [2.05, 4.69) is 20.8 Å². The fraction of sp³-hybridized carbons (Fsp3) is 0.158. The van der Waals surface area contributed by atoms with E-state index in [1.807, 2.05) is 43.3 Å². The number of hydrogen-bond acceptors (Lipinski definition) is 6. The Hall–Kier alpha value is -2.42. The molecule has 0 saturated heterocycles. The Balaban J connectivity index is 1.45. The van der Waals surface area contributed by atoms with Crippen LogP contribution in [-0.4, -0.2) is 27.8 Å². The number of halogens is 1. The summed E-state index contributed by atoms with van der Waals surface area (Å²) < 4.78 is 0. The second kappa shape index (κ2) is 9.68. The average molecular weight is 433 g/mol. The number of benzene rings is 2. The van der Waals surface area contributed by atoms with Crippen molar-refractivity contribution in [2.45, 2.75) is 18.2 Å². The summed E-state index contributed by atoms with van der Waals surface area (Å²) in [4.78, 5) is 25.0. The van der Waals surface area contributed by atoms with Crippen LogP contribution in [0.4, 0.5) is 10.8 Å². The normalized spacial score (nSPS) is 10.5. The van der Waals surface area contributed by atoms with E-state index in [4.69, 9.17) is 11.6 Å². The van der Waals surface area contributed by atoms with Gasteiger partial charge >= 0.3 is 0 Å². The standard InChI is InChI=1S/C19H17ClN4O2S2/c1-12-23-24-19(28-12)22-18(26)11-27-16-8-6-15(7-9-16)21-17(25)10-13-2-4-14(20)5-3-13/h2-9H,10-11H2,1H3,(H,21,25)(H,22,24,26). The molecule has 0 radical (unpaired) electrons. The molecule has 0 fully saturated rings. The van der Waals surface area contributed by atoms with Gasteiger partial charge in [-0.2, -0.15) is 0 Å². The molecule has 0 unspecified atom stereocenters. The van der Waals surface area contributed by atoms with Gasteiger partial charge in [0, 0.05) is 15.6 Å². The number of rotatable bonds is 7. The molecule has 2 N–H and O–H groups in total. The summed E-state index contributed by atoms with van der Waals surface area (Å²) >= 11 is 8.59. The van der Waals surface area contributed by atoms with E-state index in [0.29, 0.717) is 15.8 Å². The molecule has 0 aliphatic heterocycles. The number of hydrogen-bond donors (Lipinski definition) is 2. The molecule has 144 valence electrons. The molecule has 1 aromatic heterocycles. The van der Waals surface area contributed by atoms with Crippen molar-refractivity contribution in [2.75, 3.05) is 16.4 Å². The molecule has 2 amide bonds. The van der Waals surface area contributed by atoms with Gasteiger partial charge < -0.3 is 5.32 Å². The Morgan fingerprint density at radius 1 is 1.00 bits per heavy atom. The number of anilines is 2. The highest BCUT2D eigenvalue weighted by molar-refractivity contribution is 8.00. The highest BCUT2D eigenvalue weighted by Gasteiger charge is 2.08. The maximum absolute atomic E-state index is 12.1. The molecule has 3 rings (SSSR count). The summed E-state index contributed by atoms with van der Waals surface area (Å²) in [5, 5.41) is 15.2. The molecule has 2 aromatic carbocycles. The zero-order chi connectivity index (χ0) is 19.9. The summed E-state index contributed by atoms with van der Waals surface area (Å²) in [6.45, 7) is 1.83. The molecule has 0 atom stereocenters. The van der Waals surface area contributed by atoms with Gasteiger partial charge in [0.1, 0.15) is 5.01 Å². The van der Waals surface area contributed by atoms with Crippen molar-refractivity contribution >= 4 is 57.3 Å². The molecule has 0 bridgehead atoms. The average Bonchev–Trinajstić information content (AvgIpc) is 3.07. The molecule has 0 spiro atoms. The van der Waals surface area contributed by atoms with E-state index in [9.17, 15) is 9.59 Å². The predicted molar refractivity (Wildman–Crippen MR) is 114 cm³/mol. The van der Waals surface area contributed by atoms with Gasteiger partial charge in [-0.3, -0.25) is 14.9 Å². The van der Waals surface area contributed by atoms with Gasteiger partial charge in [0.05, 0.1) is 12.2 Å². The van der Waals surface area contributed by atoms with E-state index in [0.717, 1.165) is 15.5 Å². The van der Waals surface area contributed by atoms with Gasteiger partial charge in [-0.15, -0.1) is 22.0 Å². The summed E-state index contributed by atoms with van der Waals surface area (Å²) in [5.41, 5.74) is 1.60. The Labute approximate surface area is 175 Å². The van der Waals surface area contributed by atoms with Crippen LogP contribution in [0.2, 0.25) is 5.02 Å². The van der Waals surface area contributed by atoms with Crippen molar-refractivity contribution in [1.29, 1.82) is 0 Å². The van der Waals surface area contributed by atoms with Gasteiger partial charge in [-0.05, 0) is 48.9 Å². The summed E-state index contributed by atoms with van der Waals surface area (Å²) in [6.07, 6.45) is 0.277. The minimum atomic E-state index is -0.138. The Kier molecular flexibility index (Phi) is 7.02. The molecule has 9 heteroatoms. The number of carbonyl (C=O) groups excluding carboxylic acids is 2. The SMILES string of the molecule is Cc1nnc(NC(=O)CSc2ccc(NC(=O)Cc3ccc(Cl)cc3)cc2)s1. The number of aromatic nitrogens is 2. The number of nitrogens with zero attached hydrogens (tertiary/aromatic N) is 2. The van der Waals surface area contributed by atoms with Crippen molar-refractivity contribution in [3.63, 3.8) is 0 Å². The summed E-state index contributed by atoms with van der Waals surface area (Å²) in [7, 11) is 0. The van der Waals surface area contributed by atoms with Crippen LogP contribution in [0, 0.1) is 6.92 Å². The van der Waals surface area contributed by atoms with Crippen LogP contribution < -0.4 is 10.6 Å². The van der Waals surface area contributed by atoms with E-state index >= 15 is 0 Å². The van der Waals surface area contributed by atoms with E-state index in [1.165, 1.54) is 23.1 Å². The Morgan fingerprint density at radius 3 is 2.36 bits per heavy atom. The van der Waals surface area contributed by atoms with Crippen LogP contribution in [-0.2, 0) is 16.0 Å². The maximum atomic E-state index is 12.1. The van der Waals surface area contributed by atoms with E-state index < -0.39 is 0 Å². The lowest BCUT2D eigenvalue weighted by Gasteiger charge is -2.07. The van der Waals surface area contributed by atoms with E-state index in [-0.39, 0.29) is 24.0 Å². The number of aryl methyl sites for hydroxylation is 1. The van der Waals surface area contributed by atoms with Crippen molar-refractivity contribution in [2.24, 2.45) is 0 Å². The van der Waals surface area contributed by atoms with Gasteiger partial charge in [0.2, 0.25) is 16.9 Å². The van der Waals surface area contributed by atoms with Gasteiger partial charge in [-0.1, -0.05) is 35.1 Å². The Bertz CT molecular complexity index is 959. The first kappa shape index (κ1) is 20.3. The number of nitrogens with one attached hydrogen (secondary N) is 2. The molecule has 3 aromatic rings. The van der Waals surface area contributed by atoms with Crippen molar-refractivity contribution in [1.82, 2.24) is 10.2 Å². The fourth-order valence-electron chi connectivity index (χ4n) is 2.28. The molecule has 0 aliphatic rings. The summed E-state index contributed by atoms with van der Waals surface area (Å²) in [5.74, 6) is 0.0249. The zero-order valence-electron chi connectivity index (χ0n) is 14.9. The van der Waals surface area contributed by atoms with Crippen LogP contribution in [0.5, 0.6) is 0 Å². The lowest BCUT2D eigenvalue weighted by atomic mass is 10.1. The first-order valence-corrected chi connectivity index (χ1v) is 10.5. The van der Waals surface area contributed by atoms with Gasteiger partial charge in [0.25, 0.3) is 0 Å². The van der Waals surface area contributed by atoms with Crippen LogP contribution in [0.15, 0.2) is 53.4 Å². The number of carbonyl (C=O) groups is 2. The molecular weight excluding hydrogens is 416 g/mol. The largest absolute Gasteiger partial charge is 0.326 e. The van der Waals surface area contributed by atoms with Crippen LogP contribution in [0.1, 0.15) is 10.6 Å². The van der Waals surface area contributed by atoms with Crippen molar-refractivity contribution in [3.8, 4) is 0 Å². The molecule has 0 saturated carbocycles. The van der Waals surface area contributed by atoms with Gasteiger partial charge in [0.15, 0.2) is 0 Å². The second-order valence-corrected chi connectivity index (χ2v) is 8.51. The number of amides is 2. The second-order valence-electron chi connectivity index (χ2n) is 5.84. The van der Waals surface area contributed by atoms with Gasteiger partial charge in [-0.25, -0.2) is 0 Å². The van der Waals surface area contributed by atoms with Crippen molar-refractivity contribution in [3.05, 3.63) is 64.1 Å². The lowest BCUT2D eigenvalue weighted by Crippen LogP contribution is -2.14. The van der Waals surface area contributed by atoms with E-state index in [1.54, 1.807) is 12.1 Å². The highest BCUT2D eigenvalue weighted by atomic mass is 35.5. The van der Waals surface area contributed by atoms with Crippen LogP contribution in [0.3, 0.4) is 0 Å². The first-order chi connectivity index (χ1) is 13.5. The van der Waals surface area contributed by atoms with Crippen LogP contribution >= 0.6 is 34.7 Å². The summed E-state index contributed by atoms with van der Waals surface area (Å²) in [6, 6.07) is 14.5. The van der Waals surface area contributed by atoms with Crippen molar-refractivity contribution < 1.29 is 9.59 Å². The minimum Gasteiger partial charge on any atom is -0.326 e. The topological polar surface area (TPSA) is 84.0 Å². The third kappa shape index (κ3) is 6.33.